The maximum atomic E-state index is 13.3. The standard InChI is InChI=1S/C29H38N6O4/c1-29(2,30)28(38)32-23(19-39-18-21-11-5-3-6-12-21)26(36)33-24-17-35(20-31-24)25(22-13-7-4-8-14-22)27(37)34-15-9-10-16-34/h3-8,11-14,17,20,23,25,27,37H,9-10,15-16,18-19,30H2,1-2H3,(H,32,38)(H,33,36)/t23-,25?,27?/m1/s1. The first-order valence-electron chi connectivity index (χ1n) is 13.3. The summed E-state index contributed by atoms with van der Waals surface area (Å²) >= 11 is 0. The van der Waals surface area contributed by atoms with Gasteiger partial charge in [0.25, 0.3) is 5.91 Å². The Balaban J connectivity index is 1.48. The maximum Gasteiger partial charge on any atom is 0.250 e. The minimum absolute atomic E-state index is 0.0520. The number of hydrogen-bond acceptors (Lipinski definition) is 7. The number of nitrogens with two attached hydrogens (primary N) is 1. The molecule has 10 nitrogen and oxygen atoms in total. The Labute approximate surface area is 229 Å². The van der Waals surface area contributed by atoms with Crippen LogP contribution in [0.1, 0.15) is 43.9 Å². The van der Waals surface area contributed by atoms with E-state index in [-0.39, 0.29) is 13.2 Å². The zero-order valence-electron chi connectivity index (χ0n) is 22.5. The number of hydrogen-bond donors (Lipinski definition) is 4. The van der Waals surface area contributed by atoms with Crippen molar-refractivity contribution in [3.05, 3.63) is 84.3 Å². The highest BCUT2D eigenvalue weighted by molar-refractivity contribution is 5.98. The highest BCUT2D eigenvalue weighted by Gasteiger charge is 2.31. The van der Waals surface area contributed by atoms with E-state index in [1.807, 2.05) is 60.7 Å². The number of carbonyl (C=O) groups excluding carboxylic acids is 2. The summed E-state index contributed by atoms with van der Waals surface area (Å²) in [4.78, 5) is 32.3. The average molecular weight is 535 g/mol. The lowest BCUT2D eigenvalue weighted by Crippen LogP contribution is -2.56. The number of carbonyl (C=O) groups is 2. The Bertz CT molecular complexity index is 1210. The number of benzene rings is 2. The molecule has 39 heavy (non-hydrogen) atoms. The van der Waals surface area contributed by atoms with E-state index >= 15 is 0 Å². The van der Waals surface area contributed by atoms with Crippen molar-refractivity contribution in [1.82, 2.24) is 19.8 Å². The Morgan fingerprint density at radius 2 is 1.72 bits per heavy atom. The summed E-state index contributed by atoms with van der Waals surface area (Å²) in [5.74, 6) is -0.666. The normalized spacial score (nSPS) is 16.4. The van der Waals surface area contributed by atoms with Gasteiger partial charge in [-0.3, -0.25) is 14.5 Å². The Morgan fingerprint density at radius 3 is 2.36 bits per heavy atom. The van der Waals surface area contributed by atoms with Crippen LogP contribution < -0.4 is 16.4 Å². The summed E-state index contributed by atoms with van der Waals surface area (Å²) in [5.41, 5.74) is 6.65. The first-order valence-corrected chi connectivity index (χ1v) is 13.3. The van der Waals surface area contributed by atoms with Crippen LogP contribution in [0.5, 0.6) is 0 Å². The van der Waals surface area contributed by atoms with Crippen molar-refractivity contribution < 1.29 is 19.4 Å². The fraction of sp³-hybridized carbons (Fsp3) is 0.414. The van der Waals surface area contributed by atoms with Crippen molar-refractivity contribution in [3.8, 4) is 0 Å². The summed E-state index contributed by atoms with van der Waals surface area (Å²) in [6, 6.07) is 17.9. The molecule has 2 unspecified atom stereocenters. The Hall–Kier alpha value is -3.57. The van der Waals surface area contributed by atoms with E-state index in [2.05, 4.69) is 20.5 Å². The molecule has 1 aliphatic rings. The third kappa shape index (κ3) is 7.73. The van der Waals surface area contributed by atoms with Crippen LogP contribution >= 0.6 is 0 Å². The SMILES string of the molecule is CC(C)(N)C(=O)N[C@H](COCc1ccccc1)C(=O)Nc1cn(C(c2ccccc2)C(O)N2CCCC2)cn1. The quantitative estimate of drug-likeness (QED) is 0.280. The average Bonchev–Trinajstić information content (AvgIpc) is 3.62. The van der Waals surface area contributed by atoms with E-state index in [4.69, 9.17) is 10.5 Å². The molecule has 2 heterocycles. The number of anilines is 1. The molecule has 3 atom stereocenters. The van der Waals surface area contributed by atoms with Gasteiger partial charge in [-0.05, 0) is 37.8 Å². The van der Waals surface area contributed by atoms with Crippen molar-refractivity contribution in [1.29, 1.82) is 0 Å². The second kappa shape index (κ2) is 13.0. The number of rotatable bonds is 12. The van der Waals surface area contributed by atoms with Gasteiger partial charge < -0.3 is 30.8 Å². The van der Waals surface area contributed by atoms with E-state index in [0.717, 1.165) is 37.1 Å². The van der Waals surface area contributed by atoms with Crippen LogP contribution in [-0.2, 0) is 20.9 Å². The molecule has 2 aromatic carbocycles. The third-order valence-corrected chi connectivity index (χ3v) is 6.72. The molecule has 1 aromatic heterocycles. The monoisotopic (exact) mass is 534 g/mol. The van der Waals surface area contributed by atoms with Crippen molar-refractivity contribution in [2.45, 2.75) is 57.1 Å². The molecule has 2 amide bonds. The molecule has 0 aliphatic carbocycles. The molecule has 0 radical (unpaired) electrons. The minimum atomic E-state index is -1.17. The summed E-state index contributed by atoms with van der Waals surface area (Å²) in [7, 11) is 0. The lowest BCUT2D eigenvalue weighted by atomic mass is 10.0. The van der Waals surface area contributed by atoms with Crippen molar-refractivity contribution in [2.24, 2.45) is 5.73 Å². The number of nitrogens with zero attached hydrogens (tertiary/aromatic N) is 3. The van der Waals surface area contributed by atoms with Crippen molar-refractivity contribution in [2.75, 3.05) is 25.0 Å². The molecule has 1 fully saturated rings. The van der Waals surface area contributed by atoms with Crippen LogP contribution in [0.3, 0.4) is 0 Å². The van der Waals surface area contributed by atoms with E-state index < -0.39 is 35.7 Å². The predicted molar refractivity (Wildman–Crippen MR) is 149 cm³/mol. The topological polar surface area (TPSA) is 135 Å². The highest BCUT2D eigenvalue weighted by atomic mass is 16.5. The van der Waals surface area contributed by atoms with Crippen LogP contribution in [-0.4, -0.2) is 68.9 Å². The Morgan fingerprint density at radius 1 is 1.08 bits per heavy atom. The molecule has 10 heteroatoms. The number of imidazole rings is 1. The van der Waals surface area contributed by atoms with Gasteiger partial charge in [-0.15, -0.1) is 0 Å². The van der Waals surface area contributed by atoms with Gasteiger partial charge >= 0.3 is 0 Å². The summed E-state index contributed by atoms with van der Waals surface area (Å²) in [5, 5.41) is 16.7. The number of aliphatic hydroxyl groups excluding tert-OH is 1. The van der Waals surface area contributed by atoms with Crippen LogP contribution in [0, 0.1) is 0 Å². The van der Waals surface area contributed by atoms with Gasteiger partial charge in [-0.25, -0.2) is 4.98 Å². The maximum absolute atomic E-state index is 13.3. The van der Waals surface area contributed by atoms with Gasteiger partial charge in [0.15, 0.2) is 5.82 Å². The van der Waals surface area contributed by atoms with Gasteiger partial charge in [0.2, 0.25) is 5.91 Å². The van der Waals surface area contributed by atoms with Crippen molar-refractivity contribution >= 4 is 17.6 Å². The molecule has 1 saturated heterocycles. The molecule has 4 rings (SSSR count). The Kier molecular flexibility index (Phi) is 9.47. The summed E-state index contributed by atoms with van der Waals surface area (Å²) < 4.78 is 7.57. The molecule has 0 saturated carbocycles. The fourth-order valence-electron chi connectivity index (χ4n) is 4.52. The lowest BCUT2D eigenvalue weighted by Gasteiger charge is -2.31. The summed E-state index contributed by atoms with van der Waals surface area (Å²) in [6.45, 7) is 5.02. The largest absolute Gasteiger partial charge is 0.376 e. The zero-order chi connectivity index (χ0) is 27.8. The van der Waals surface area contributed by atoms with Crippen LogP contribution in [0.4, 0.5) is 5.82 Å². The molecule has 3 aromatic rings. The number of aromatic nitrogens is 2. The van der Waals surface area contributed by atoms with Gasteiger partial charge in [-0.2, -0.15) is 0 Å². The first kappa shape index (κ1) is 28.4. The summed E-state index contributed by atoms with van der Waals surface area (Å²) in [6.07, 6.45) is 4.62. The molecule has 0 spiro atoms. The van der Waals surface area contributed by atoms with Crippen LogP contribution in [0.25, 0.3) is 0 Å². The number of likely N-dealkylation sites (tertiary alicyclic amines) is 1. The third-order valence-electron chi connectivity index (χ3n) is 6.72. The second-order valence-corrected chi connectivity index (χ2v) is 10.5. The van der Waals surface area contributed by atoms with E-state index in [1.165, 1.54) is 0 Å². The zero-order valence-corrected chi connectivity index (χ0v) is 22.5. The van der Waals surface area contributed by atoms with Crippen molar-refractivity contribution in [3.63, 3.8) is 0 Å². The smallest absolute Gasteiger partial charge is 0.250 e. The predicted octanol–water partition coefficient (Wildman–Crippen LogP) is 2.26. The molecular weight excluding hydrogens is 496 g/mol. The van der Waals surface area contributed by atoms with Crippen LogP contribution in [0.2, 0.25) is 0 Å². The highest BCUT2D eigenvalue weighted by Crippen LogP contribution is 2.27. The molecule has 208 valence electrons. The van der Waals surface area contributed by atoms with Gasteiger partial charge in [0.1, 0.15) is 12.3 Å². The first-order chi connectivity index (χ1) is 18.7. The molecule has 0 bridgehead atoms. The number of amides is 2. The van der Waals surface area contributed by atoms with E-state index in [1.54, 1.807) is 30.9 Å². The van der Waals surface area contributed by atoms with E-state index in [0.29, 0.717) is 5.82 Å². The minimum Gasteiger partial charge on any atom is -0.376 e. The van der Waals surface area contributed by atoms with Gasteiger partial charge in [-0.1, -0.05) is 60.7 Å². The van der Waals surface area contributed by atoms with Crippen LogP contribution in [0.15, 0.2) is 73.2 Å². The molecular formula is C29H38N6O4. The number of nitrogens with one attached hydrogen (secondary N) is 2. The van der Waals surface area contributed by atoms with Gasteiger partial charge in [0.05, 0.1) is 31.1 Å². The lowest BCUT2D eigenvalue weighted by molar-refractivity contribution is -0.130. The van der Waals surface area contributed by atoms with E-state index in [9.17, 15) is 14.7 Å². The molecule has 1 aliphatic heterocycles. The fourth-order valence-corrected chi connectivity index (χ4v) is 4.52. The number of ether oxygens (including phenoxy) is 1. The molecule has 5 N–H and O–H groups in total. The number of aliphatic hydroxyl groups is 1. The van der Waals surface area contributed by atoms with Gasteiger partial charge in [0, 0.05) is 19.3 Å². The second-order valence-electron chi connectivity index (χ2n) is 10.5.